The number of thiophene rings is 1. The Bertz CT molecular complexity index is 2500. The van der Waals surface area contributed by atoms with Crippen LogP contribution < -0.4 is 9.80 Å². The summed E-state index contributed by atoms with van der Waals surface area (Å²) in [6.07, 6.45) is 1.75. The molecule has 0 radical (unpaired) electrons. The van der Waals surface area contributed by atoms with E-state index in [-0.39, 0.29) is 0 Å². The molecule has 7 aromatic carbocycles. The highest BCUT2D eigenvalue weighted by molar-refractivity contribution is 7.25. The lowest BCUT2D eigenvalue weighted by Gasteiger charge is -2.26. The minimum Gasteiger partial charge on any atom is -0.456 e. The number of para-hydroxylation sites is 4. The van der Waals surface area contributed by atoms with Gasteiger partial charge in [0.2, 0.25) is 0 Å². The first-order chi connectivity index (χ1) is 24.2. The van der Waals surface area contributed by atoms with Crippen molar-refractivity contribution in [3.05, 3.63) is 183 Å². The van der Waals surface area contributed by atoms with Gasteiger partial charge in [0.15, 0.2) is 0 Å². The van der Waals surface area contributed by atoms with E-state index < -0.39 is 0 Å². The van der Waals surface area contributed by atoms with E-state index in [1.165, 1.54) is 20.2 Å². The third-order valence-electron chi connectivity index (χ3n) is 8.62. The van der Waals surface area contributed by atoms with E-state index >= 15 is 0 Å². The standard InChI is InChI=1S/C42H28N2OS.C3H6/c1-4-12-29(13-5-1)43(30-14-6-2-7-15-30)33-22-25-41-38(27-33)36-23-20-34(28-42(36)46-41)44(31-16-8-3-9-17-31)32-21-24-40-37(26-32)35-18-10-11-19-39(35)45-40;1-3-2/h1-28H;3H,1H2,2H3. The predicted molar refractivity (Wildman–Crippen MR) is 212 cm³/mol. The van der Waals surface area contributed by atoms with Crippen LogP contribution in [0.15, 0.2) is 187 Å². The van der Waals surface area contributed by atoms with Crippen molar-refractivity contribution in [1.29, 1.82) is 0 Å². The van der Waals surface area contributed by atoms with Crippen LogP contribution in [0, 0.1) is 0 Å². The fourth-order valence-corrected chi connectivity index (χ4v) is 7.63. The molecule has 0 aliphatic heterocycles. The van der Waals surface area contributed by atoms with Crippen LogP contribution in [-0.4, -0.2) is 0 Å². The van der Waals surface area contributed by atoms with Crippen LogP contribution in [0.25, 0.3) is 42.1 Å². The molecule has 0 fully saturated rings. The van der Waals surface area contributed by atoms with Crippen LogP contribution >= 0.6 is 11.3 Å². The van der Waals surface area contributed by atoms with Crippen LogP contribution in [0.2, 0.25) is 0 Å². The number of hydrogen-bond donors (Lipinski definition) is 0. The highest BCUT2D eigenvalue weighted by atomic mass is 32.1. The molecular weight excluding hydrogens is 617 g/mol. The van der Waals surface area contributed by atoms with Crippen molar-refractivity contribution >= 4 is 87.6 Å². The smallest absolute Gasteiger partial charge is 0.135 e. The molecule has 0 atom stereocenters. The number of benzene rings is 7. The molecule has 0 amide bonds. The van der Waals surface area contributed by atoms with E-state index in [1.54, 1.807) is 6.08 Å². The molecule has 0 aliphatic rings. The fourth-order valence-electron chi connectivity index (χ4n) is 6.51. The highest BCUT2D eigenvalue weighted by Crippen LogP contribution is 2.44. The van der Waals surface area contributed by atoms with E-state index in [0.29, 0.717) is 0 Å². The molecule has 0 spiro atoms. The van der Waals surface area contributed by atoms with Gasteiger partial charge in [-0.2, -0.15) is 0 Å². The Morgan fingerprint density at radius 1 is 0.429 bits per heavy atom. The third kappa shape index (κ3) is 5.73. The Morgan fingerprint density at radius 2 is 0.898 bits per heavy atom. The lowest BCUT2D eigenvalue weighted by Crippen LogP contribution is -2.09. The van der Waals surface area contributed by atoms with Crippen molar-refractivity contribution in [2.24, 2.45) is 0 Å². The average Bonchev–Trinajstić information content (AvgIpc) is 3.71. The van der Waals surface area contributed by atoms with Crippen molar-refractivity contribution in [3.63, 3.8) is 0 Å². The molecule has 49 heavy (non-hydrogen) atoms. The summed E-state index contributed by atoms with van der Waals surface area (Å²) in [5.41, 5.74) is 8.53. The van der Waals surface area contributed by atoms with Gasteiger partial charge in [-0.15, -0.1) is 17.9 Å². The molecule has 3 nitrogen and oxygen atoms in total. The largest absolute Gasteiger partial charge is 0.456 e. The summed E-state index contributed by atoms with van der Waals surface area (Å²) < 4.78 is 8.68. The first-order valence-electron chi connectivity index (χ1n) is 16.4. The molecule has 0 saturated heterocycles. The van der Waals surface area contributed by atoms with E-state index in [9.17, 15) is 0 Å². The summed E-state index contributed by atoms with van der Waals surface area (Å²) in [5.74, 6) is 0. The van der Waals surface area contributed by atoms with Gasteiger partial charge in [-0.1, -0.05) is 84.9 Å². The molecule has 0 unspecified atom stereocenters. The molecule has 2 aromatic heterocycles. The second-order valence-corrected chi connectivity index (χ2v) is 12.9. The van der Waals surface area contributed by atoms with Crippen molar-refractivity contribution in [2.75, 3.05) is 9.80 Å². The zero-order valence-corrected chi connectivity index (χ0v) is 28.0. The summed E-state index contributed by atoms with van der Waals surface area (Å²) in [6, 6.07) is 60.2. The Balaban J connectivity index is 0.00000112. The van der Waals surface area contributed by atoms with Gasteiger partial charge in [0, 0.05) is 65.1 Å². The number of rotatable bonds is 6. The highest BCUT2D eigenvalue weighted by Gasteiger charge is 2.18. The number of furan rings is 1. The maximum Gasteiger partial charge on any atom is 0.135 e. The van der Waals surface area contributed by atoms with Crippen molar-refractivity contribution in [2.45, 2.75) is 6.92 Å². The molecule has 236 valence electrons. The normalized spacial score (nSPS) is 11.0. The van der Waals surface area contributed by atoms with E-state index in [2.05, 4.69) is 174 Å². The average molecular weight is 651 g/mol. The van der Waals surface area contributed by atoms with Gasteiger partial charge in [0.25, 0.3) is 0 Å². The molecule has 0 aliphatic carbocycles. The van der Waals surface area contributed by atoms with Gasteiger partial charge in [0.05, 0.1) is 0 Å². The Kier molecular flexibility index (Phi) is 8.14. The fraction of sp³-hybridized carbons (Fsp3) is 0.0222. The zero-order valence-electron chi connectivity index (χ0n) is 27.2. The van der Waals surface area contributed by atoms with Gasteiger partial charge >= 0.3 is 0 Å². The number of anilines is 6. The summed E-state index contributed by atoms with van der Waals surface area (Å²) >= 11 is 1.84. The zero-order chi connectivity index (χ0) is 33.2. The maximum atomic E-state index is 6.15. The minimum absolute atomic E-state index is 0.897. The Hall–Kier alpha value is -6.10. The van der Waals surface area contributed by atoms with Crippen LogP contribution in [0.3, 0.4) is 0 Å². The summed E-state index contributed by atoms with van der Waals surface area (Å²) in [6.45, 7) is 5.25. The van der Waals surface area contributed by atoms with Crippen molar-refractivity contribution < 1.29 is 4.42 Å². The van der Waals surface area contributed by atoms with E-state index in [4.69, 9.17) is 4.42 Å². The first kappa shape index (κ1) is 30.2. The summed E-state index contributed by atoms with van der Waals surface area (Å²) in [4.78, 5) is 4.66. The molecule has 0 saturated carbocycles. The quantitative estimate of drug-likeness (QED) is 0.167. The maximum absolute atomic E-state index is 6.15. The monoisotopic (exact) mass is 650 g/mol. The number of hydrogen-bond acceptors (Lipinski definition) is 4. The predicted octanol–water partition coefficient (Wildman–Crippen LogP) is 14.1. The molecular formula is C45H34N2OS. The minimum atomic E-state index is 0.897. The SMILES string of the molecule is C=CC.c1ccc(N(c2ccc3c(c2)sc2ccc(N(c4ccccc4)c4ccccc4)cc23)c2ccc3oc4ccccc4c3c2)cc1. The summed E-state index contributed by atoms with van der Waals surface area (Å²) in [7, 11) is 0. The number of allylic oxidation sites excluding steroid dienone is 1. The van der Waals surface area contributed by atoms with Crippen LogP contribution in [0.1, 0.15) is 6.92 Å². The van der Waals surface area contributed by atoms with Gasteiger partial charge in [-0.25, -0.2) is 0 Å². The topological polar surface area (TPSA) is 19.6 Å². The van der Waals surface area contributed by atoms with Gasteiger partial charge < -0.3 is 14.2 Å². The van der Waals surface area contributed by atoms with Crippen LogP contribution in [0.4, 0.5) is 34.1 Å². The lowest BCUT2D eigenvalue weighted by molar-refractivity contribution is 0.669. The van der Waals surface area contributed by atoms with Gasteiger partial charge in [0.1, 0.15) is 11.2 Å². The van der Waals surface area contributed by atoms with E-state index in [1.807, 2.05) is 30.4 Å². The van der Waals surface area contributed by atoms with Crippen molar-refractivity contribution in [3.8, 4) is 0 Å². The van der Waals surface area contributed by atoms with Crippen molar-refractivity contribution in [1.82, 2.24) is 0 Å². The van der Waals surface area contributed by atoms with Gasteiger partial charge in [-0.05, 0) is 97.9 Å². The molecule has 9 aromatic rings. The molecule has 2 heterocycles. The second kappa shape index (κ2) is 13.2. The second-order valence-electron chi connectivity index (χ2n) is 11.8. The van der Waals surface area contributed by atoms with Crippen LogP contribution in [-0.2, 0) is 0 Å². The molecule has 4 heteroatoms. The lowest BCUT2D eigenvalue weighted by atomic mass is 10.1. The number of nitrogens with zero attached hydrogens (tertiary/aromatic N) is 2. The first-order valence-corrected chi connectivity index (χ1v) is 17.2. The molecule has 0 N–H and O–H groups in total. The van der Waals surface area contributed by atoms with Crippen LogP contribution in [0.5, 0.6) is 0 Å². The summed E-state index contributed by atoms with van der Waals surface area (Å²) in [5, 5.41) is 4.77. The number of fused-ring (bicyclic) bond motifs is 6. The third-order valence-corrected chi connectivity index (χ3v) is 9.75. The van der Waals surface area contributed by atoms with E-state index in [0.717, 1.165) is 56.1 Å². The molecule has 9 rings (SSSR count). The Labute approximate surface area is 290 Å². The van der Waals surface area contributed by atoms with Gasteiger partial charge in [-0.3, -0.25) is 0 Å². The molecule has 0 bridgehead atoms. The Morgan fingerprint density at radius 3 is 1.53 bits per heavy atom.